The van der Waals surface area contributed by atoms with E-state index in [4.69, 9.17) is 0 Å². The van der Waals surface area contributed by atoms with E-state index in [2.05, 4.69) is 0 Å². The van der Waals surface area contributed by atoms with Gasteiger partial charge in [-0.3, -0.25) is 4.79 Å². The van der Waals surface area contributed by atoms with Gasteiger partial charge >= 0.3 is 0 Å². The van der Waals surface area contributed by atoms with Crippen molar-refractivity contribution in [3.63, 3.8) is 0 Å². The summed E-state index contributed by atoms with van der Waals surface area (Å²) in [5.41, 5.74) is 0.0419. The average Bonchev–Trinajstić information content (AvgIpc) is 2.08. The lowest BCUT2D eigenvalue weighted by atomic mass is 10.0. The number of aliphatic hydroxyl groups excluding tert-OH is 1. The van der Waals surface area contributed by atoms with E-state index in [1.165, 1.54) is 6.92 Å². The minimum absolute atomic E-state index is 0.0419. The van der Waals surface area contributed by atoms with E-state index in [0.29, 0.717) is 0 Å². The maximum absolute atomic E-state index is 12.7. The number of phenolic OH excluding ortho intramolecular Hbond substituents is 1. The zero-order chi connectivity index (χ0) is 10.7. The van der Waals surface area contributed by atoms with Gasteiger partial charge in [-0.15, -0.1) is 0 Å². The molecule has 0 fully saturated rings. The summed E-state index contributed by atoms with van der Waals surface area (Å²) in [6, 6.07) is 3.25. The lowest BCUT2D eigenvalue weighted by Crippen LogP contribution is -2.03. The largest absolute Gasteiger partial charge is 0.508 e. The summed E-state index contributed by atoms with van der Waals surface area (Å²) >= 11 is 0. The first kappa shape index (κ1) is 10.7. The number of carbonyl (C=O) groups excluding carboxylic acids is 1. The first-order chi connectivity index (χ1) is 6.50. The summed E-state index contributed by atoms with van der Waals surface area (Å²) in [6.45, 7) is 1.32. The number of carbonyl (C=O) groups is 1. The monoisotopic (exact) mass is 198 g/mol. The number of rotatable bonds is 3. The van der Waals surface area contributed by atoms with Gasteiger partial charge in [0, 0.05) is 12.0 Å². The second-order valence-electron chi connectivity index (χ2n) is 3.13. The third-order valence-electron chi connectivity index (χ3n) is 1.83. The van der Waals surface area contributed by atoms with Crippen molar-refractivity contribution in [3.8, 4) is 5.75 Å². The lowest BCUT2D eigenvalue weighted by Gasteiger charge is -2.10. The van der Waals surface area contributed by atoms with Crippen LogP contribution in [0.5, 0.6) is 5.75 Å². The molecule has 0 amide bonds. The van der Waals surface area contributed by atoms with Crippen molar-refractivity contribution in [1.29, 1.82) is 0 Å². The lowest BCUT2D eigenvalue weighted by molar-refractivity contribution is -0.118. The zero-order valence-corrected chi connectivity index (χ0v) is 7.70. The highest BCUT2D eigenvalue weighted by Gasteiger charge is 2.14. The Balaban J connectivity index is 2.93. The van der Waals surface area contributed by atoms with Gasteiger partial charge in [0.05, 0.1) is 6.10 Å². The fourth-order valence-corrected chi connectivity index (χ4v) is 1.17. The molecule has 0 unspecified atom stereocenters. The maximum Gasteiger partial charge on any atom is 0.132 e. The molecule has 2 N–H and O–H groups in total. The normalized spacial score (nSPS) is 12.5. The number of Topliss-reactive ketones (excluding diaryl/α,β-unsaturated/α-hetero) is 1. The number of hydrogen-bond donors (Lipinski definition) is 2. The SMILES string of the molecule is CC(=O)C[C@H](O)c1cc(F)ccc1O. The number of halogens is 1. The molecule has 0 aliphatic heterocycles. The quantitative estimate of drug-likeness (QED) is 0.774. The summed E-state index contributed by atoms with van der Waals surface area (Å²) in [5.74, 6) is -0.985. The first-order valence-electron chi connectivity index (χ1n) is 4.16. The van der Waals surface area contributed by atoms with Crippen molar-refractivity contribution < 1.29 is 19.4 Å². The van der Waals surface area contributed by atoms with Gasteiger partial charge in [0.1, 0.15) is 17.3 Å². The highest BCUT2D eigenvalue weighted by atomic mass is 19.1. The molecule has 1 aromatic carbocycles. The number of ketones is 1. The van der Waals surface area contributed by atoms with Crippen molar-refractivity contribution >= 4 is 5.78 Å². The van der Waals surface area contributed by atoms with E-state index >= 15 is 0 Å². The van der Waals surface area contributed by atoms with E-state index in [1.54, 1.807) is 0 Å². The van der Waals surface area contributed by atoms with Crippen LogP contribution in [0, 0.1) is 5.82 Å². The van der Waals surface area contributed by atoms with Crippen molar-refractivity contribution in [2.45, 2.75) is 19.4 Å². The van der Waals surface area contributed by atoms with Crippen molar-refractivity contribution in [2.24, 2.45) is 0 Å². The minimum atomic E-state index is -1.15. The smallest absolute Gasteiger partial charge is 0.132 e. The molecule has 1 aromatic rings. The summed E-state index contributed by atoms with van der Waals surface area (Å²) in [7, 11) is 0. The molecular weight excluding hydrogens is 187 g/mol. The van der Waals surface area contributed by atoms with Gasteiger partial charge in [-0.05, 0) is 25.1 Å². The molecule has 0 heterocycles. The Morgan fingerprint density at radius 3 is 2.79 bits per heavy atom. The second-order valence-corrected chi connectivity index (χ2v) is 3.13. The molecule has 3 nitrogen and oxygen atoms in total. The molecule has 76 valence electrons. The number of phenols is 1. The molecule has 14 heavy (non-hydrogen) atoms. The Hall–Kier alpha value is -1.42. The number of benzene rings is 1. The highest BCUT2D eigenvalue weighted by Crippen LogP contribution is 2.26. The van der Waals surface area contributed by atoms with Crippen LogP contribution in [0.3, 0.4) is 0 Å². The van der Waals surface area contributed by atoms with Gasteiger partial charge in [0.15, 0.2) is 0 Å². The summed E-state index contributed by atoms with van der Waals surface area (Å²) < 4.78 is 12.7. The van der Waals surface area contributed by atoms with Crippen molar-refractivity contribution in [2.75, 3.05) is 0 Å². The predicted molar refractivity (Wildman–Crippen MR) is 48.3 cm³/mol. The number of hydrogen-bond acceptors (Lipinski definition) is 3. The maximum atomic E-state index is 12.7. The Labute approximate surface area is 80.8 Å². The van der Waals surface area contributed by atoms with Crippen LogP contribution >= 0.6 is 0 Å². The van der Waals surface area contributed by atoms with Gasteiger partial charge in [0.25, 0.3) is 0 Å². The van der Waals surface area contributed by atoms with Crippen LogP contribution in [0.1, 0.15) is 25.0 Å². The molecule has 0 aliphatic rings. The van der Waals surface area contributed by atoms with Crippen LogP contribution in [0.25, 0.3) is 0 Å². The predicted octanol–water partition coefficient (Wildman–Crippen LogP) is 1.54. The molecule has 0 aliphatic carbocycles. The molecule has 0 radical (unpaired) electrons. The Morgan fingerprint density at radius 2 is 2.21 bits per heavy atom. The Bertz CT molecular complexity index is 349. The second kappa shape index (κ2) is 4.19. The van der Waals surface area contributed by atoms with Crippen LogP contribution in [0.2, 0.25) is 0 Å². The summed E-state index contributed by atoms with van der Waals surface area (Å²) in [6.07, 6.45) is -1.28. The van der Waals surface area contributed by atoms with E-state index in [-0.39, 0.29) is 23.5 Å². The highest BCUT2D eigenvalue weighted by molar-refractivity contribution is 5.76. The van der Waals surface area contributed by atoms with Gasteiger partial charge in [-0.25, -0.2) is 4.39 Å². The van der Waals surface area contributed by atoms with Crippen LogP contribution in [-0.2, 0) is 4.79 Å². The van der Waals surface area contributed by atoms with Gasteiger partial charge < -0.3 is 10.2 Å². The molecule has 1 rings (SSSR count). The third-order valence-corrected chi connectivity index (χ3v) is 1.83. The molecule has 0 spiro atoms. The van der Waals surface area contributed by atoms with Crippen LogP contribution in [0.4, 0.5) is 4.39 Å². The third kappa shape index (κ3) is 2.53. The fourth-order valence-electron chi connectivity index (χ4n) is 1.17. The standard InChI is InChI=1S/C10H11FO3/c1-6(12)4-10(14)8-5-7(11)2-3-9(8)13/h2-3,5,10,13-14H,4H2,1H3/t10-/m0/s1. The van der Waals surface area contributed by atoms with E-state index < -0.39 is 11.9 Å². The zero-order valence-electron chi connectivity index (χ0n) is 7.70. The van der Waals surface area contributed by atoms with E-state index in [9.17, 15) is 19.4 Å². The van der Waals surface area contributed by atoms with Gasteiger partial charge in [-0.2, -0.15) is 0 Å². The molecule has 0 saturated heterocycles. The van der Waals surface area contributed by atoms with Crippen LogP contribution in [0.15, 0.2) is 18.2 Å². The number of aliphatic hydroxyl groups is 1. The molecule has 0 bridgehead atoms. The van der Waals surface area contributed by atoms with E-state index in [0.717, 1.165) is 18.2 Å². The van der Waals surface area contributed by atoms with Crippen molar-refractivity contribution in [3.05, 3.63) is 29.6 Å². The number of aromatic hydroxyl groups is 1. The topological polar surface area (TPSA) is 57.5 Å². The van der Waals surface area contributed by atoms with Crippen LogP contribution in [-0.4, -0.2) is 16.0 Å². The average molecular weight is 198 g/mol. The molecule has 0 saturated carbocycles. The summed E-state index contributed by atoms with van der Waals surface area (Å²) in [5, 5.41) is 18.7. The Morgan fingerprint density at radius 1 is 1.57 bits per heavy atom. The first-order valence-corrected chi connectivity index (χ1v) is 4.16. The van der Waals surface area contributed by atoms with E-state index in [1.807, 2.05) is 0 Å². The van der Waals surface area contributed by atoms with Gasteiger partial charge in [-0.1, -0.05) is 0 Å². The summed E-state index contributed by atoms with van der Waals surface area (Å²) in [4.78, 5) is 10.7. The minimum Gasteiger partial charge on any atom is -0.508 e. The molecule has 0 aromatic heterocycles. The van der Waals surface area contributed by atoms with Gasteiger partial charge in [0.2, 0.25) is 0 Å². The Kier molecular flexibility index (Phi) is 3.19. The molecular formula is C10H11FO3. The van der Waals surface area contributed by atoms with Crippen LogP contribution < -0.4 is 0 Å². The van der Waals surface area contributed by atoms with Crippen molar-refractivity contribution in [1.82, 2.24) is 0 Å². The molecule has 1 atom stereocenters. The molecule has 4 heteroatoms. The fraction of sp³-hybridized carbons (Fsp3) is 0.300.